The second-order valence-corrected chi connectivity index (χ2v) is 8.41. The van der Waals surface area contributed by atoms with Gasteiger partial charge in [-0.1, -0.05) is 5.16 Å². The molecular formula is C20H24N3O. The van der Waals surface area contributed by atoms with Gasteiger partial charge in [0.2, 0.25) is 5.89 Å². The van der Waals surface area contributed by atoms with Crippen LogP contribution in [0.3, 0.4) is 0 Å². The molecule has 0 atom stereocenters. The van der Waals surface area contributed by atoms with Crippen LogP contribution in [0, 0.1) is 29.6 Å². The average molecular weight is 322 g/mol. The van der Waals surface area contributed by atoms with E-state index in [0.29, 0.717) is 11.3 Å². The van der Waals surface area contributed by atoms with Crippen molar-refractivity contribution in [1.29, 1.82) is 0 Å². The Kier molecular flexibility index (Phi) is 3.46. The topological polar surface area (TPSA) is 51.8 Å². The molecule has 0 unspecified atom stereocenters. The summed E-state index contributed by atoms with van der Waals surface area (Å²) < 4.78 is 5.47. The first kappa shape index (κ1) is 14.6. The lowest BCUT2D eigenvalue weighted by molar-refractivity contribution is -0.0533. The van der Waals surface area contributed by atoms with Crippen molar-refractivity contribution >= 4 is 0 Å². The van der Waals surface area contributed by atoms with Crippen molar-refractivity contribution in [1.82, 2.24) is 15.1 Å². The second kappa shape index (κ2) is 5.68. The summed E-state index contributed by atoms with van der Waals surface area (Å²) in [5.74, 6) is 4.49. The van der Waals surface area contributed by atoms with Crippen LogP contribution in [0.2, 0.25) is 0 Å². The lowest BCUT2D eigenvalue weighted by Crippen LogP contribution is -2.47. The Morgan fingerprint density at radius 2 is 1.71 bits per heavy atom. The van der Waals surface area contributed by atoms with E-state index in [1.54, 1.807) is 0 Å². The summed E-state index contributed by atoms with van der Waals surface area (Å²) in [7, 11) is 0. The van der Waals surface area contributed by atoms with Gasteiger partial charge in [0.05, 0.1) is 6.42 Å². The standard InChI is InChI=1S/C20H24N3O/c1(14-3-5-21-6-4-14)2-19-22-18(23-24-19)13-20-10-15-7-16(11-20)9-17(8-15)12-20/h2-6,15-17H,1,7-13H2. The van der Waals surface area contributed by atoms with Crippen LogP contribution in [0.4, 0.5) is 0 Å². The van der Waals surface area contributed by atoms with E-state index >= 15 is 0 Å². The van der Waals surface area contributed by atoms with Crippen LogP contribution in [0.25, 0.3) is 0 Å². The maximum absolute atomic E-state index is 5.47. The third kappa shape index (κ3) is 2.76. The zero-order chi connectivity index (χ0) is 16.0. The van der Waals surface area contributed by atoms with Crippen molar-refractivity contribution in [2.75, 3.05) is 0 Å². The van der Waals surface area contributed by atoms with Crippen molar-refractivity contribution < 1.29 is 4.52 Å². The van der Waals surface area contributed by atoms with Gasteiger partial charge in [-0.3, -0.25) is 4.98 Å². The Balaban J connectivity index is 1.25. The number of rotatable bonds is 5. The quantitative estimate of drug-likeness (QED) is 0.834. The van der Waals surface area contributed by atoms with Crippen LogP contribution in [-0.4, -0.2) is 15.1 Å². The van der Waals surface area contributed by atoms with E-state index in [1.165, 1.54) is 44.1 Å². The highest BCUT2D eigenvalue weighted by Gasteiger charge is 2.51. The van der Waals surface area contributed by atoms with Gasteiger partial charge in [0, 0.05) is 18.8 Å². The molecule has 2 heterocycles. The lowest BCUT2D eigenvalue weighted by atomic mass is 9.49. The van der Waals surface area contributed by atoms with E-state index in [9.17, 15) is 0 Å². The third-order valence-corrected chi connectivity index (χ3v) is 6.44. The van der Waals surface area contributed by atoms with Crippen LogP contribution in [0.1, 0.15) is 55.8 Å². The number of hydrogen-bond donors (Lipinski definition) is 0. The van der Waals surface area contributed by atoms with E-state index in [-0.39, 0.29) is 0 Å². The van der Waals surface area contributed by atoms with Crippen molar-refractivity contribution in [2.45, 2.75) is 51.4 Å². The van der Waals surface area contributed by atoms with Gasteiger partial charge in [0.15, 0.2) is 5.82 Å². The SMILES string of the molecule is [CH](Cc1ccncc1)c1nc(CC23CC4CC(CC(C4)C2)C3)no1. The maximum Gasteiger partial charge on any atom is 0.230 e. The smallest absolute Gasteiger partial charge is 0.230 e. The van der Waals surface area contributed by atoms with Gasteiger partial charge in [-0.15, -0.1) is 0 Å². The lowest BCUT2D eigenvalue weighted by Gasteiger charge is -2.56. The van der Waals surface area contributed by atoms with Crippen LogP contribution >= 0.6 is 0 Å². The summed E-state index contributed by atoms with van der Waals surface area (Å²) in [6.45, 7) is 0. The Morgan fingerprint density at radius 1 is 1.04 bits per heavy atom. The summed E-state index contributed by atoms with van der Waals surface area (Å²) in [5, 5.41) is 4.27. The van der Waals surface area contributed by atoms with E-state index in [0.717, 1.165) is 36.4 Å². The van der Waals surface area contributed by atoms with Crippen LogP contribution in [0.15, 0.2) is 29.0 Å². The van der Waals surface area contributed by atoms with E-state index in [2.05, 4.69) is 15.1 Å². The molecule has 125 valence electrons. The number of aromatic nitrogens is 3. The fourth-order valence-electron chi connectivity index (χ4n) is 5.99. The first-order valence-electron chi connectivity index (χ1n) is 9.31. The average Bonchev–Trinajstić information content (AvgIpc) is 2.99. The van der Waals surface area contributed by atoms with E-state index < -0.39 is 0 Å². The first-order chi connectivity index (χ1) is 11.8. The molecular weight excluding hydrogens is 298 g/mol. The molecule has 0 spiro atoms. The van der Waals surface area contributed by atoms with Gasteiger partial charge in [-0.2, -0.15) is 4.98 Å². The van der Waals surface area contributed by atoms with Gasteiger partial charge in [-0.05, 0) is 85.8 Å². The van der Waals surface area contributed by atoms with Gasteiger partial charge < -0.3 is 4.52 Å². The van der Waals surface area contributed by atoms with E-state index in [1.807, 2.05) is 30.9 Å². The summed E-state index contributed by atoms with van der Waals surface area (Å²) in [6.07, 6.45) is 16.1. The van der Waals surface area contributed by atoms with Crippen LogP contribution in [-0.2, 0) is 12.8 Å². The largest absolute Gasteiger partial charge is 0.339 e. The van der Waals surface area contributed by atoms with Gasteiger partial charge >= 0.3 is 0 Å². The molecule has 4 nitrogen and oxygen atoms in total. The highest BCUT2D eigenvalue weighted by atomic mass is 16.5. The van der Waals surface area contributed by atoms with Gasteiger partial charge in [-0.25, -0.2) is 0 Å². The molecule has 0 saturated heterocycles. The molecule has 4 fully saturated rings. The predicted octanol–water partition coefficient (Wildman–Crippen LogP) is 4.02. The molecule has 4 aliphatic carbocycles. The number of nitrogens with zero attached hydrogens (tertiary/aromatic N) is 3. The van der Waals surface area contributed by atoms with Gasteiger partial charge in [0.1, 0.15) is 0 Å². The first-order valence-corrected chi connectivity index (χ1v) is 9.31. The van der Waals surface area contributed by atoms with Crippen LogP contribution < -0.4 is 0 Å². The third-order valence-electron chi connectivity index (χ3n) is 6.44. The molecule has 4 saturated carbocycles. The zero-order valence-corrected chi connectivity index (χ0v) is 14.0. The Hall–Kier alpha value is -1.71. The molecule has 0 aliphatic heterocycles. The molecule has 4 aliphatic rings. The Bertz CT molecular complexity index is 673. The van der Waals surface area contributed by atoms with Crippen molar-refractivity contribution in [3.05, 3.63) is 48.2 Å². The summed E-state index contributed by atoms with van der Waals surface area (Å²) in [5.41, 5.74) is 1.69. The zero-order valence-electron chi connectivity index (χ0n) is 14.0. The fraction of sp³-hybridized carbons (Fsp3) is 0.600. The maximum atomic E-state index is 5.47. The summed E-state index contributed by atoms with van der Waals surface area (Å²) in [4.78, 5) is 8.69. The summed E-state index contributed by atoms with van der Waals surface area (Å²) in [6, 6.07) is 4.03. The normalized spacial score (nSPS) is 33.9. The monoisotopic (exact) mass is 322 g/mol. The molecule has 1 radical (unpaired) electrons. The highest BCUT2D eigenvalue weighted by Crippen LogP contribution is 2.60. The fourth-order valence-corrected chi connectivity index (χ4v) is 5.99. The van der Waals surface area contributed by atoms with Crippen molar-refractivity contribution in [2.24, 2.45) is 23.2 Å². The molecule has 2 aromatic heterocycles. The minimum atomic E-state index is 0.473. The minimum absolute atomic E-state index is 0.473. The second-order valence-electron chi connectivity index (χ2n) is 8.41. The Labute approximate surface area is 143 Å². The van der Waals surface area contributed by atoms with Crippen molar-refractivity contribution in [3.63, 3.8) is 0 Å². The molecule has 0 amide bonds. The van der Waals surface area contributed by atoms with E-state index in [4.69, 9.17) is 4.52 Å². The minimum Gasteiger partial charge on any atom is -0.339 e. The Morgan fingerprint density at radius 3 is 2.38 bits per heavy atom. The van der Waals surface area contributed by atoms with Gasteiger partial charge in [0.25, 0.3) is 0 Å². The molecule has 0 aromatic carbocycles. The predicted molar refractivity (Wildman–Crippen MR) is 90.0 cm³/mol. The molecule has 24 heavy (non-hydrogen) atoms. The number of pyridine rings is 1. The number of hydrogen-bond acceptors (Lipinski definition) is 4. The van der Waals surface area contributed by atoms with Crippen LogP contribution in [0.5, 0.6) is 0 Å². The molecule has 6 rings (SSSR count). The molecule has 4 bridgehead atoms. The highest BCUT2D eigenvalue weighted by molar-refractivity contribution is 5.15. The molecule has 4 heteroatoms. The molecule has 0 N–H and O–H groups in total. The summed E-state index contributed by atoms with van der Waals surface area (Å²) >= 11 is 0. The molecule has 2 aromatic rings. The van der Waals surface area contributed by atoms with Crippen molar-refractivity contribution in [3.8, 4) is 0 Å².